The van der Waals surface area contributed by atoms with Crippen molar-refractivity contribution in [3.05, 3.63) is 35.4 Å². The van der Waals surface area contributed by atoms with Gasteiger partial charge in [-0.05, 0) is 17.7 Å². The highest BCUT2D eigenvalue weighted by Crippen LogP contribution is 2.26. The maximum absolute atomic E-state index is 11.5. The summed E-state index contributed by atoms with van der Waals surface area (Å²) in [5.41, 5.74) is 0.957. The number of rotatable bonds is 6. The third kappa shape index (κ3) is 6.26. The second-order valence-corrected chi connectivity index (χ2v) is 4.17. The highest BCUT2D eigenvalue weighted by atomic mass is 31.2. The van der Waals surface area contributed by atoms with Gasteiger partial charge in [-0.2, -0.15) is 0 Å². The van der Waals surface area contributed by atoms with Crippen molar-refractivity contribution in [2.75, 3.05) is 6.79 Å². The van der Waals surface area contributed by atoms with Crippen molar-refractivity contribution in [2.45, 2.75) is 13.5 Å². The predicted molar refractivity (Wildman–Crippen MR) is 64.6 cm³/mol. The summed E-state index contributed by atoms with van der Waals surface area (Å²) in [7, 11) is -2.40. The standard InChI is InChI=1S/C11H13O7P/c1-8(12)16-7-17-11(13)10-4-2-9(3-5-10)6-18-19(14)15/h2-5,14-15H,6-7H2,1H3. The van der Waals surface area contributed by atoms with E-state index in [2.05, 4.69) is 14.0 Å². The number of ether oxygens (including phenoxy) is 2. The normalized spacial score (nSPS) is 10.3. The largest absolute Gasteiger partial charge is 0.428 e. The molecule has 0 fully saturated rings. The molecule has 0 heterocycles. The summed E-state index contributed by atoms with van der Waals surface area (Å²) < 4.78 is 13.8. The monoisotopic (exact) mass is 288 g/mol. The molecule has 7 nitrogen and oxygen atoms in total. The van der Waals surface area contributed by atoms with Gasteiger partial charge in [0.25, 0.3) is 0 Å². The van der Waals surface area contributed by atoms with Crippen LogP contribution in [0.3, 0.4) is 0 Å². The molecule has 2 N–H and O–H groups in total. The second-order valence-electron chi connectivity index (χ2n) is 3.41. The number of hydrogen-bond donors (Lipinski definition) is 2. The lowest BCUT2D eigenvalue weighted by Crippen LogP contribution is -2.11. The topological polar surface area (TPSA) is 102 Å². The molecule has 0 aromatic heterocycles. The fraction of sp³-hybridized carbons (Fsp3) is 0.273. The van der Waals surface area contributed by atoms with Gasteiger partial charge in [0, 0.05) is 6.92 Å². The Morgan fingerprint density at radius 1 is 1.16 bits per heavy atom. The van der Waals surface area contributed by atoms with E-state index in [-0.39, 0.29) is 12.2 Å². The van der Waals surface area contributed by atoms with Crippen molar-refractivity contribution in [2.24, 2.45) is 0 Å². The summed E-state index contributed by atoms with van der Waals surface area (Å²) in [6.07, 6.45) is 0. The molecule has 1 rings (SSSR count). The molecule has 0 bridgehead atoms. The first-order valence-corrected chi connectivity index (χ1v) is 6.36. The van der Waals surface area contributed by atoms with Crippen LogP contribution in [0.5, 0.6) is 0 Å². The van der Waals surface area contributed by atoms with Crippen LogP contribution in [-0.4, -0.2) is 28.5 Å². The lowest BCUT2D eigenvalue weighted by atomic mass is 10.1. The minimum Gasteiger partial charge on any atom is -0.428 e. The predicted octanol–water partition coefficient (Wildman–Crippen LogP) is 1.09. The van der Waals surface area contributed by atoms with Gasteiger partial charge in [0.05, 0.1) is 12.2 Å². The number of carbonyl (C=O) groups is 2. The van der Waals surface area contributed by atoms with Crippen LogP contribution in [0.25, 0.3) is 0 Å². The number of hydrogen-bond acceptors (Lipinski definition) is 7. The molecule has 0 saturated heterocycles. The molecular weight excluding hydrogens is 275 g/mol. The second kappa shape index (κ2) is 7.81. The van der Waals surface area contributed by atoms with E-state index in [0.717, 1.165) is 0 Å². The van der Waals surface area contributed by atoms with Crippen LogP contribution in [-0.2, 0) is 25.4 Å². The van der Waals surface area contributed by atoms with Crippen molar-refractivity contribution < 1.29 is 33.4 Å². The van der Waals surface area contributed by atoms with Gasteiger partial charge < -0.3 is 23.8 Å². The Balaban J connectivity index is 2.46. The van der Waals surface area contributed by atoms with Crippen molar-refractivity contribution in [1.82, 2.24) is 0 Å². The zero-order valence-electron chi connectivity index (χ0n) is 10.1. The Morgan fingerprint density at radius 3 is 2.32 bits per heavy atom. The van der Waals surface area contributed by atoms with Gasteiger partial charge >= 0.3 is 20.5 Å². The Bertz CT molecular complexity index is 429. The highest BCUT2D eigenvalue weighted by molar-refractivity contribution is 7.39. The van der Waals surface area contributed by atoms with Gasteiger partial charge in [0.1, 0.15) is 0 Å². The van der Waals surface area contributed by atoms with Crippen LogP contribution in [0.2, 0.25) is 0 Å². The molecule has 0 aliphatic rings. The summed E-state index contributed by atoms with van der Waals surface area (Å²) in [6.45, 7) is 0.805. The zero-order valence-corrected chi connectivity index (χ0v) is 11.0. The van der Waals surface area contributed by atoms with Gasteiger partial charge in [-0.25, -0.2) is 4.79 Å². The number of carbonyl (C=O) groups excluding carboxylic acids is 2. The van der Waals surface area contributed by atoms with Crippen LogP contribution in [0.4, 0.5) is 0 Å². The lowest BCUT2D eigenvalue weighted by molar-refractivity contribution is -0.149. The molecule has 1 aromatic carbocycles. The van der Waals surface area contributed by atoms with Gasteiger partial charge in [-0.1, -0.05) is 12.1 Å². The third-order valence-corrected chi connectivity index (χ3v) is 2.35. The molecule has 0 atom stereocenters. The minimum absolute atomic E-state index is 0.0292. The van der Waals surface area contributed by atoms with E-state index in [1.54, 1.807) is 12.1 Å². The van der Waals surface area contributed by atoms with Gasteiger partial charge in [-0.15, -0.1) is 0 Å². The van der Waals surface area contributed by atoms with Crippen molar-refractivity contribution in [3.8, 4) is 0 Å². The quantitative estimate of drug-likeness (QED) is 0.459. The first-order chi connectivity index (χ1) is 8.99. The van der Waals surface area contributed by atoms with Crippen molar-refractivity contribution in [3.63, 3.8) is 0 Å². The third-order valence-electron chi connectivity index (χ3n) is 1.99. The van der Waals surface area contributed by atoms with Gasteiger partial charge in [0.2, 0.25) is 6.79 Å². The zero-order chi connectivity index (χ0) is 14.3. The van der Waals surface area contributed by atoms with E-state index >= 15 is 0 Å². The fourth-order valence-corrected chi connectivity index (χ4v) is 1.38. The van der Waals surface area contributed by atoms with Gasteiger partial charge in [0.15, 0.2) is 0 Å². The average Bonchev–Trinajstić information content (AvgIpc) is 2.36. The molecule has 104 valence electrons. The lowest BCUT2D eigenvalue weighted by Gasteiger charge is -2.06. The maximum Gasteiger partial charge on any atom is 0.340 e. The van der Waals surface area contributed by atoms with Crippen LogP contribution < -0.4 is 0 Å². The first kappa shape index (κ1) is 15.5. The molecular formula is C11H13O7P. The summed E-state index contributed by atoms with van der Waals surface area (Å²) in [6, 6.07) is 6.15. The van der Waals surface area contributed by atoms with Crippen LogP contribution in [0.1, 0.15) is 22.8 Å². The smallest absolute Gasteiger partial charge is 0.340 e. The van der Waals surface area contributed by atoms with Crippen molar-refractivity contribution >= 4 is 20.5 Å². The van der Waals surface area contributed by atoms with Crippen LogP contribution in [0.15, 0.2) is 24.3 Å². The first-order valence-electron chi connectivity index (χ1n) is 5.19. The molecule has 0 amide bonds. The summed E-state index contributed by atoms with van der Waals surface area (Å²) in [5, 5.41) is 0. The summed E-state index contributed by atoms with van der Waals surface area (Å²) in [5.74, 6) is -1.16. The molecule has 1 aromatic rings. The Kier molecular flexibility index (Phi) is 6.38. The minimum atomic E-state index is -2.40. The van der Waals surface area contributed by atoms with E-state index in [9.17, 15) is 9.59 Å². The molecule has 8 heteroatoms. The Morgan fingerprint density at radius 2 is 1.79 bits per heavy atom. The van der Waals surface area contributed by atoms with Crippen LogP contribution >= 0.6 is 8.60 Å². The molecule has 0 aliphatic heterocycles. The van der Waals surface area contributed by atoms with Crippen molar-refractivity contribution in [1.29, 1.82) is 0 Å². The molecule has 19 heavy (non-hydrogen) atoms. The maximum atomic E-state index is 11.5. The number of benzene rings is 1. The SMILES string of the molecule is CC(=O)OCOC(=O)c1ccc(COP(O)O)cc1. The molecule has 0 spiro atoms. The summed E-state index contributed by atoms with van der Waals surface area (Å²) in [4.78, 5) is 39.1. The fourth-order valence-electron chi connectivity index (χ4n) is 1.12. The molecule has 0 aliphatic carbocycles. The Labute approximate surface area is 110 Å². The van der Waals surface area contributed by atoms with E-state index in [4.69, 9.17) is 9.79 Å². The van der Waals surface area contributed by atoms with Gasteiger partial charge in [-0.3, -0.25) is 4.79 Å². The van der Waals surface area contributed by atoms with E-state index < -0.39 is 27.3 Å². The van der Waals surface area contributed by atoms with Crippen LogP contribution in [0, 0.1) is 0 Å². The molecule has 0 saturated carbocycles. The van der Waals surface area contributed by atoms with E-state index in [1.165, 1.54) is 19.1 Å². The molecule has 0 unspecified atom stereocenters. The molecule has 0 radical (unpaired) electrons. The number of esters is 2. The Hall–Kier alpha value is -1.53. The summed E-state index contributed by atoms with van der Waals surface area (Å²) >= 11 is 0. The average molecular weight is 288 g/mol. The van der Waals surface area contributed by atoms with E-state index in [0.29, 0.717) is 5.56 Å². The highest BCUT2D eigenvalue weighted by Gasteiger charge is 2.08. The van der Waals surface area contributed by atoms with E-state index in [1.807, 2.05) is 0 Å².